The average molecular weight is 358 g/mol. The van der Waals surface area contributed by atoms with Gasteiger partial charge in [0.25, 0.3) is 0 Å². The van der Waals surface area contributed by atoms with E-state index in [4.69, 9.17) is 5.10 Å². The first kappa shape index (κ1) is 17.7. The van der Waals surface area contributed by atoms with Crippen LogP contribution in [0.2, 0.25) is 0 Å². The van der Waals surface area contributed by atoms with E-state index in [9.17, 15) is 5.11 Å². The number of piperidine rings is 1. The van der Waals surface area contributed by atoms with Gasteiger partial charge in [0.05, 0.1) is 17.8 Å². The Morgan fingerprint density at radius 2 is 1.92 bits per heavy atom. The molecule has 2 aromatic rings. The second-order valence-corrected chi connectivity index (χ2v) is 7.86. The van der Waals surface area contributed by atoms with Crippen LogP contribution in [0.5, 0.6) is 0 Å². The van der Waals surface area contributed by atoms with E-state index in [-0.39, 0.29) is 6.10 Å². The van der Waals surface area contributed by atoms with Gasteiger partial charge in [0, 0.05) is 18.2 Å². The number of aliphatic hydroxyl groups is 1. The molecule has 142 valence electrons. The molecule has 0 spiro atoms. The average Bonchev–Trinajstić information content (AvgIpc) is 3.06. The van der Waals surface area contributed by atoms with E-state index in [0.717, 1.165) is 51.7 Å². The van der Waals surface area contributed by atoms with Crippen LogP contribution in [0.1, 0.15) is 75.0 Å². The molecule has 6 nitrogen and oxygen atoms in total. The van der Waals surface area contributed by atoms with Crippen LogP contribution < -0.4 is 10.6 Å². The standard InChI is InChI=1S/C20H31N5O/c1-2-9-22-20-23-13-19-17(14-7-10-21-11-8-14)12-18(25(19)24-20)15-3-5-16(26)6-4-15/h12-16,21,26H,2-11H2,1H3,(H,22,24). The summed E-state index contributed by atoms with van der Waals surface area (Å²) in [7, 11) is 0. The van der Waals surface area contributed by atoms with Gasteiger partial charge in [-0.2, -0.15) is 0 Å². The van der Waals surface area contributed by atoms with Crippen molar-refractivity contribution in [2.75, 3.05) is 25.0 Å². The molecule has 0 radical (unpaired) electrons. The van der Waals surface area contributed by atoms with Crippen molar-refractivity contribution in [3.8, 4) is 0 Å². The van der Waals surface area contributed by atoms with E-state index in [0.29, 0.717) is 17.8 Å². The van der Waals surface area contributed by atoms with Gasteiger partial charge in [-0.1, -0.05) is 6.92 Å². The van der Waals surface area contributed by atoms with Crippen molar-refractivity contribution in [1.82, 2.24) is 19.9 Å². The summed E-state index contributed by atoms with van der Waals surface area (Å²) in [6, 6.07) is 2.39. The third kappa shape index (κ3) is 3.58. The highest BCUT2D eigenvalue weighted by molar-refractivity contribution is 5.58. The molecule has 0 aromatic carbocycles. The van der Waals surface area contributed by atoms with Crippen molar-refractivity contribution >= 4 is 11.5 Å². The van der Waals surface area contributed by atoms with Gasteiger partial charge in [0.15, 0.2) is 0 Å². The number of fused-ring (bicyclic) bond motifs is 1. The molecular weight excluding hydrogens is 326 g/mol. The predicted octanol–water partition coefficient (Wildman–Crippen LogP) is 3.04. The van der Waals surface area contributed by atoms with Gasteiger partial charge in [-0.15, -0.1) is 5.10 Å². The van der Waals surface area contributed by atoms with Crippen molar-refractivity contribution in [2.24, 2.45) is 0 Å². The molecule has 6 heteroatoms. The van der Waals surface area contributed by atoms with Gasteiger partial charge in [-0.3, -0.25) is 0 Å². The molecule has 4 rings (SSSR count). The highest BCUT2D eigenvalue weighted by atomic mass is 16.3. The fraction of sp³-hybridized carbons (Fsp3) is 0.700. The maximum Gasteiger partial charge on any atom is 0.241 e. The monoisotopic (exact) mass is 357 g/mol. The lowest BCUT2D eigenvalue weighted by Gasteiger charge is -2.25. The summed E-state index contributed by atoms with van der Waals surface area (Å²) in [5.41, 5.74) is 3.89. The fourth-order valence-corrected chi connectivity index (χ4v) is 4.48. The predicted molar refractivity (Wildman–Crippen MR) is 104 cm³/mol. The number of hydrogen-bond acceptors (Lipinski definition) is 5. The number of aromatic nitrogens is 3. The highest BCUT2D eigenvalue weighted by Gasteiger charge is 2.27. The van der Waals surface area contributed by atoms with E-state index in [1.54, 1.807) is 0 Å². The minimum Gasteiger partial charge on any atom is -0.393 e. The first-order valence-electron chi connectivity index (χ1n) is 10.3. The van der Waals surface area contributed by atoms with Crippen LogP contribution in [0, 0.1) is 0 Å². The van der Waals surface area contributed by atoms with Gasteiger partial charge >= 0.3 is 0 Å². The lowest BCUT2D eigenvalue weighted by molar-refractivity contribution is 0.121. The SMILES string of the molecule is CCCNc1ncc2c(C3CCNCC3)cc(C3CCC(O)CC3)n2n1. The van der Waals surface area contributed by atoms with Gasteiger partial charge < -0.3 is 15.7 Å². The van der Waals surface area contributed by atoms with Gasteiger partial charge in [-0.05, 0) is 75.6 Å². The number of anilines is 1. The molecule has 0 atom stereocenters. The number of rotatable bonds is 5. The maximum absolute atomic E-state index is 9.89. The van der Waals surface area contributed by atoms with Crippen LogP contribution in [-0.4, -0.2) is 45.4 Å². The Balaban J connectivity index is 1.72. The quantitative estimate of drug-likeness (QED) is 0.767. The van der Waals surface area contributed by atoms with Crippen LogP contribution in [0.3, 0.4) is 0 Å². The van der Waals surface area contributed by atoms with Gasteiger partial charge in [0.2, 0.25) is 5.95 Å². The van der Waals surface area contributed by atoms with E-state index in [1.165, 1.54) is 29.6 Å². The Morgan fingerprint density at radius 1 is 1.15 bits per heavy atom. The zero-order valence-corrected chi connectivity index (χ0v) is 15.7. The molecule has 1 saturated carbocycles. The minimum absolute atomic E-state index is 0.127. The second-order valence-electron chi connectivity index (χ2n) is 7.86. The van der Waals surface area contributed by atoms with Crippen LogP contribution in [0.15, 0.2) is 12.3 Å². The molecule has 1 aliphatic carbocycles. The second kappa shape index (κ2) is 7.92. The Labute approximate surface area is 155 Å². The summed E-state index contributed by atoms with van der Waals surface area (Å²) < 4.78 is 2.14. The van der Waals surface area contributed by atoms with E-state index >= 15 is 0 Å². The molecule has 3 heterocycles. The molecule has 3 N–H and O–H groups in total. The van der Waals surface area contributed by atoms with Crippen LogP contribution in [-0.2, 0) is 0 Å². The number of hydrogen-bond donors (Lipinski definition) is 3. The van der Waals surface area contributed by atoms with E-state index in [2.05, 4.69) is 33.1 Å². The van der Waals surface area contributed by atoms with Crippen molar-refractivity contribution in [3.05, 3.63) is 23.5 Å². The zero-order chi connectivity index (χ0) is 17.9. The molecule has 2 aliphatic rings. The summed E-state index contributed by atoms with van der Waals surface area (Å²) in [6.45, 7) is 5.21. The summed E-state index contributed by atoms with van der Waals surface area (Å²) in [4.78, 5) is 4.57. The van der Waals surface area contributed by atoms with Crippen LogP contribution in [0.4, 0.5) is 5.95 Å². The molecule has 0 amide bonds. The van der Waals surface area contributed by atoms with E-state index in [1.807, 2.05) is 6.20 Å². The Morgan fingerprint density at radius 3 is 2.65 bits per heavy atom. The summed E-state index contributed by atoms with van der Waals surface area (Å²) in [5.74, 6) is 1.78. The van der Waals surface area contributed by atoms with Crippen molar-refractivity contribution in [2.45, 2.75) is 69.8 Å². The molecule has 2 aromatic heterocycles. The Bertz CT molecular complexity index is 729. The molecule has 0 bridgehead atoms. The zero-order valence-electron chi connectivity index (χ0n) is 15.7. The Kier molecular flexibility index (Phi) is 5.41. The first-order valence-corrected chi connectivity index (χ1v) is 10.3. The summed E-state index contributed by atoms with van der Waals surface area (Å²) >= 11 is 0. The third-order valence-electron chi connectivity index (χ3n) is 6.00. The topological polar surface area (TPSA) is 74.5 Å². The minimum atomic E-state index is -0.127. The van der Waals surface area contributed by atoms with Crippen molar-refractivity contribution in [1.29, 1.82) is 0 Å². The van der Waals surface area contributed by atoms with E-state index < -0.39 is 0 Å². The summed E-state index contributed by atoms with van der Waals surface area (Å²) in [6.07, 6.45) is 9.17. The molecule has 26 heavy (non-hydrogen) atoms. The molecule has 0 unspecified atom stereocenters. The molecule has 1 saturated heterocycles. The third-order valence-corrected chi connectivity index (χ3v) is 6.00. The van der Waals surface area contributed by atoms with Crippen LogP contribution >= 0.6 is 0 Å². The van der Waals surface area contributed by atoms with Gasteiger partial charge in [-0.25, -0.2) is 9.50 Å². The van der Waals surface area contributed by atoms with Crippen molar-refractivity contribution < 1.29 is 5.11 Å². The fourth-order valence-electron chi connectivity index (χ4n) is 4.48. The smallest absolute Gasteiger partial charge is 0.241 e. The van der Waals surface area contributed by atoms with Gasteiger partial charge in [0.1, 0.15) is 0 Å². The lowest BCUT2D eigenvalue weighted by Crippen LogP contribution is -2.26. The molecule has 1 aliphatic heterocycles. The highest BCUT2D eigenvalue weighted by Crippen LogP contribution is 2.38. The number of aliphatic hydroxyl groups excluding tert-OH is 1. The number of nitrogens with one attached hydrogen (secondary N) is 2. The molecule has 2 fully saturated rings. The summed E-state index contributed by atoms with van der Waals surface area (Å²) in [5, 5.41) is 21.5. The first-order chi connectivity index (χ1) is 12.8. The Hall–Kier alpha value is -1.66. The lowest BCUT2D eigenvalue weighted by atomic mass is 9.84. The largest absolute Gasteiger partial charge is 0.393 e. The maximum atomic E-state index is 9.89. The molecular formula is C20H31N5O. The van der Waals surface area contributed by atoms with Crippen LogP contribution in [0.25, 0.3) is 5.52 Å². The number of nitrogens with zero attached hydrogens (tertiary/aromatic N) is 3. The normalized spacial score (nSPS) is 24.8. The van der Waals surface area contributed by atoms with Crippen molar-refractivity contribution in [3.63, 3.8) is 0 Å².